The van der Waals surface area contributed by atoms with Crippen molar-refractivity contribution in [1.29, 1.82) is 0 Å². The van der Waals surface area contributed by atoms with Crippen LogP contribution in [0.4, 0.5) is 0 Å². The van der Waals surface area contributed by atoms with Gasteiger partial charge < -0.3 is 14.6 Å². The van der Waals surface area contributed by atoms with Crippen LogP contribution < -0.4 is 9.47 Å². The lowest BCUT2D eigenvalue weighted by atomic mass is 10.2. The quantitative estimate of drug-likeness (QED) is 0.767. The van der Waals surface area contributed by atoms with E-state index in [1.807, 2.05) is 6.92 Å². The molecule has 1 aromatic carbocycles. The van der Waals surface area contributed by atoms with Gasteiger partial charge >= 0.3 is 5.97 Å². The van der Waals surface area contributed by atoms with Gasteiger partial charge in [-0.1, -0.05) is 19.4 Å². The van der Waals surface area contributed by atoms with Crippen molar-refractivity contribution < 1.29 is 19.4 Å². The summed E-state index contributed by atoms with van der Waals surface area (Å²) in [6, 6.07) is 5.36. The molecule has 0 radical (unpaired) electrons. The van der Waals surface area contributed by atoms with Crippen LogP contribution in [0.25, 0.3) is 6.08 Å². The molecule has 104 valence electrons. The molecule has 4 nitrogen and oxygen atoms in total. The molecule has 0 saturated heterocycles. The van der Waals surface area contributed by atoms with Crippen LogP contribution >= 0.6 is 0 Å². The van der Waals surface area contributed by atoms with E-state index in [9.17, 15) is 4.79 Å². The van der Waals surface area contributed by atoms with Gasteiger partial charge in [0.25, 0.3) is 0 Å². The maximum absolute atomic E-state index is 10.5. The molecule has 0 heterocycles. The lowest BCUT2D eigenvalue weighted by molar-refractivity contribution is -0.131. The summed E-state index contributed by atoms with van der Waals surface area (Å²) in [6.45, 7) is 4.12. The van der Waals surface area contributed by atoms with E-state index >= 15 is 0 Å². The van der Waals surface area contributed by atoms with Crippen LogP contribution in [0.2, 0.25) is 0 Å². The van der Waals surface area contributed by atoms with Gasteiger partial charge in [-0.2, -0.15) is 0 Å². The number of ether oxygens (including phenoxy) is 2. The van der Waals surface area contributed by atoms with E-state index in [2.05, 4.69) is 6.92 Å². The Morgan fingerprint density at radius 2 is 2.16 bits per heavy atom. The largest absolute Gasteiger partial charge is 0.493 e. The maximum Gasteiger partial charge on any atom is 0.328 e. The number of carboxylic acids is 1. The molecule has 1 unspecified atom stereocenters. The van der Waals surface area contributed by atoms with Gasteiger partial charge in [0.05, 0.1) is 13.2 Å². The minimum Gasteiger partial charge on any atom is -0.493 e. The minimum atomic E-state index is -0.976. The Labute approximate surface area is 113 Å². The first-order chi connectivity index (χ1) is 9.06. The molecule has 1 aromatic rings. The lowest BCUT2D eigenvalue weighted by Gasteiger charge is -2.16. The van der Waals surface area contributed by atoms with Gasteiger partial charge in [0, 0.05) is 6.08 Å². The van der Waals surface area contributed by atoms with E-state index in [1.165, 1.54) is 6.08 Å². The Morgan fingerprint density at radius 1 is 1.42 bits per heavy atom. The Balaban J connectivity index is 2.87. The SMILES string of the molecule is CCCC(C)Oc1ccc(/C=C/C(=O)O)cc1OC. The molecule has 0 spiro atoms. The second-order valence-electron chi connectivity index (χ2n) is 4.30. The number of rotatable bonds is 7. The third-order valence-corrected chi connectivity index (χ3v) is 2.63. The number of carbonyl (C=O) groups is 1. The van der Waals surface area contributed by atoms with Gasteiger partial charge in [0.15, 0.2) is 11.5 Å². The monoisotopic (exact) mass is 264 g/mol. The maximum atomic E-state index is 10.5. The zero-order valence-corrected chi connectivity index (χ0v) is 11.6. The van der Waals surface area contributed by atoms with Crippen molar-refractivity contribution in [3.05, 3.63) is 29.8 Å². The first-order valence-electron chi connectivity index (χ1n) is 6.32. The predicted molar refractivity (Wildman–Crippen MR) is 74.7 cm³/mol. The summed E-state index contributed by atoms with van der Waals surface area (Å²) in [5.74, 6) is 0.308. The van der Waals surface area contributed by atoms with Crippen LogP contribution in [0.5, 0.6) is 11.5 Å². The van der Waals surface area contributed by atoms with Gasteiger partial charge in [0.2, 0.25) is 0 Å². The highest BCUT2D eigenvalue weighted by Gasteiger charge is 2.08. The summed E-state index contributed by atoms with van der Waals surface area (Å²) in [6.07, 6.45) is 4.77. The molecular weight excluding hydrogens is 244 g/mol. The Bertz CT molecular complexity index is 451. The summed E-state index contributed by atoms with van der Waals surface area (Å²) in [7, 11) is 1.57. The zero-order chi connectivity index (χ0) is 14.3. The molecule has 19 heavy (non-hydrogen) atoms. The second-order valence-corrected chi connectivity index (χ2v) is 4.30. The molecule has 0 aliphatic rings. The first-order valence-corrected chi connectivity index (χ1v) is 6.32. The summed E-state index contributed by atoms with van der Waals surface area (Å²) in [4.78, 5) is 10.5. The summed E-state index contributed by atoms with van der Waals surface area (Å²) in [5, 5.41) is 8.59. The molecule has 1 atom stereocenters. The molecule has 1 rings (SSSR count). The molecule has 0 aliphatic carbocycles. The van der Waals surface area contributed by atoms with Gasteiger partial charge in [-0.3, -0.25) is 0 Å². The molecule has 0 amide bonds. The molecule has 0 bridgehead atoms. The van der Waals surface area contributed by atoms with Crippen LogP contribution in [0.15, 0.2) is 24.3 Å². The number of methoxy groups -OCH3 is 1. The lowest BCUT2D eigenvalue weighted by Crippen LogP contribution is -2.11. The molecular formula is C15H20O4. The van der Waals surface area contributed by atoms with Crippen LogP contribution in [0.1, 0.15) is 32.3 Å². The second kappa shape index (κ2) is 7.46. The first kappa shape index (κ1) is 15.1. The van der Waals surface area contributed by atoms with Crippen LogP contribution in [0, 0.1) is 0 Å². The zero-order valence-electron chi connectivity index (χ0n) is 11.6. The highest BCUT2D eigenvalue weighted by molar-refractivity contribution is 5.85. The molecule has 0 saturated carbocycles. The summed E-state index contributed by atoms with van der Waals surface area (Å²) < 4.78 is 11.1. The third-order valence-electron chi connectivity index (χ3n) is 2.63. The molecule has 0 aliphatic heterocycles. The number of benzene rings is 1. The van der Waals surface area contributed by atoms with Gasteiger partial charge in [-0.25, -0.2) is 4.79 Å². The smallest absolute Gasteiger partial charge is 0.328 e. The number of hydrogen-bond acceptors (Lipinski definition) is 3. The standard InChI is InChI=1S/C15H20O4/c1-4-5-11(2)19-13-8-6-12(7-9-15(16)17)10-14(13)18-3/h6-11H,4-5H2,1-3H3,(H,16,17)/b9-7+. The Hall–Kier alpha value is -1.97. The molecule has 0 aromatic heterocycles. The summed E-state index contributed by atoms with van der Waals surface area (Å²) >= 11 is 0. The van der Waals surface area contributed by atoms with E-state index in [4.69, 9.17) is 14.6 Å². The van der Waals surface area contributed by atoms with Crippen LogP contribution in [0.3, 0.4) is 0 Å². The fraction of sp³-hybridized carbons (Fsp3) is 0.400. The third kappa shape index (κ3) is 5.04. The fourth-order valence-electron chi connectivity index (χ4n) is 1.73. The number of carboxylic acid groups (broad SMARTS) is 1. The van der Waals surface area contributed by atoms with Crippen molar-refractivity contribution in [3.63, 3.8) is 0 Å². The Kier molecular flexibility index (Phi) is 5.93. The fourth-order valence-corrected chi connectivity index (χ4v) is 1.73. The van der Waals surface area contributed by atoms with Crippen molar-refractivity contribution in [2.75, 3.05) is 7.11 Å². The topological polar surface area (TPSA) is 55.8 Å². The van der Waals surface area contributed by atoms with Crippen molar-refractivity contribution in [2.45, 2.75) is 32.8 Å². The molecule has 0 fully saturated rings. The van der Waals surface area contributed by atoms with E-state index in [0.717, 1.165) is 24.5 Å². The van der Waals surface area contributed by atoms with E-state index < -0.39 is 5.97 Å². The average molecular weight is 264 g/mol. The van der Waals surface area contributed by atoms with Gasteiger partial charge in [0.1, 0.15) is 0 Å². The minimum absolute atomic E-state index is 0.124. The average Bonchev–Trinajstić information content (AvgIpc) is 2.37. The highest BCUT2D eigenvalue weighted by atomic mass is 16.5. The van der Waals surface area contributed by atoms with Crippen molar-refractivity contribution in [2.24, 2.45) is 0 Å². The van der Waals surface area contributed by atoms with Gasteiger partial charge in [-0.05, 0) is 37.1 Å². The number of aliphatic carboxylic acids is 1. The van der Waals surface area contributed by atoms with E-state index in [-0.39, 0.29) is 6.10 Å². The molecule has 4 heteroatoms. The van der Waals surface area contributed by atoms with Crippen molar-refractivity contribution >= 4 is 12.0 Å². The highest BCUT2D eigenvalue weighted by Crippen LogP contribution is 2.29. The summed E-state index contributed by atoms with van der Waals surface area (Å²) in [5.41, 5.74) is 0.759. The number of hydrogen-bond donors (Lipinski definition) is 1. The predicted octanol–water partition coefficient (Wildman–Crippen LogP) is 3.36. The molecule has 1 N–H and O–H groups in total. The normalized spacial score (nSPS) is 12.4. The van der Waals surface area contributed by atoms with Crippen molar-refractivity contribution in [3.8, 4) is 11.5 Å². The van der Waals surface area contributed by atoms with E-state index in [0.29, 0.717) is 11.5 Å². The van der Waals surface area contributed by atoms with Crippen molar-refractivity contribution in [1.82, 2.24) is 0 Å². The van der Waals surface area contributed by atoms with Gasteiger partial charge in [-0.15, -0.1) is 0 Å². The Morgan fingerprint density at radius 3 is 2.74 bits per heavy atom. The van der Waals surface area contributed by atoms with Crippen LogP contribution in [-0.4, -0.2) is 24.3 Å². The van der Waals surface area contributed by atoms with Crippen LogP contribution in [-0.2, 0) is 4.79 Å². The van der Waals surface area contributed by atoms with E-state index in [1.54, 1.807) is 25.3 Å².